The first-order chi connectivity index (χ1) is 14.3. The van der Waals surface area contributed by atoms with Crippen LogP contribution in [0.3, 0.4) is 0 Å². The normalized spacial score (nSPS) is 15.2. The van der Waals surface area contributed by atoms with E-state index in [1.54, 1.807) is 0 Å². The highest BCUT2D eigenvalue weighted by Crippen LogP contribution is 2.29. The molecule has 0 aliphatic heterocycles. The summed E-state index contributed by atoms with van der Waals surface area (Å²) >= 11 is 3.23. The SMILES string of the molecule is CCC(C)CCCCCCCCCCCCC(=O)O[PH](=O)OC(=O)C(Br)C(C)CC. The average molecular weight is 511 g/mol. The van der Waals surface area contributed by atoms with E-state index in [1.165, 1.54) is 57.8 Å². The minimum Gasteiger partial charge on any atom is -0.385 e. The number of hydrogen-bond acceptors (Lipinski definition) is 5. The fourth-order valence-corrected chi connectivity index (χ4v) is 4.38. The second kappa shape index (κ2) is 19.3. The molecule has 0 N–H and O–H groups in total. The Hall–Kier alpha value is -0.350. The molecule has 4 unspecified atom stereocenters. The van der Waals surface area contributed by atoms with Gasteiger partial charge in [0.15, 0.2) is 0 Å². The zero-order chi connectivity index (χ0) is 22.8. The Balaban J connectivity index is 3.57. The zero-order valence-electron chi connectivity index (χ0n) is 19.6. The molecule has 0 fully saturated rings. The van der Waals surface area contributed by atoms with Crippen LogP contribution in [-0.4, -0.2) is 16.8 Å². The predicted molar refractivity (Wildman–Crippen MR) is 128 cm³/mol. The lowest BCUT2D eigenvalue weighted by Crippen LogP contribution is -2.22. The summed E-state index contributed by atoms with van der Waals surface area (Å²) in [7, 11) is -3.12. The molecule has 0 aliphatic rings. The highest BCUT2D eigenvalue weighted by molar-refractivity contribution is 9.10. The monoisotopic (exact) mass is 510 g/mol. The molecule has 0 radical (unpaired) electrons. The molecule has 7 heteroatoms. The summed E-state index contributed by atoms with van der Waals surface area (Å²) in [4.78, 5) is 23.0. The van der Waals surface area contributed by atoms with E-state index in [0.29, 0.717) is 6.42 Å². The van der Waals surface area contributed by atoms with E-state index in [2.05, 4.69) is 29.8 Å². The van der Waals surface area contributed by atoms with E-state index in [9.17, 15) is 14.2 Å². The van der Waals surface area contributed by atoms with Crippen LogP contribution in [0.4, 0.5) is 0 Å². The number of halogens is 1. The Kier molecular flexibility index (Phi) is 19.1. The Morgan fingerprint density at radius 1 is 0.800 bits per heavy atom. The molecule has 0 aromatic rings. The molecule has 0 rings (SSSR count). The van der Waals surface area contributed by atoms with Gasteiger partial charge in [-0.3, -0.25) is 9.59 Å². The molecule has 0 amide bonds. The van der Waals surface area contributed by atoms with Crippen LogP contribution in [0, 0.1) is 11.8 Å². The summed E-state index contributed by atoms with van der Waals surface area (Å²) in [6.07, 6.45) is 15.6. The molecule has 0 heterocycles. The van der Waals surface area contributed by atoms with Gasteiger partial charge in [0.25, 0.3) is 0 Å². The van der Waals surface area contributed by atoms with Crippen LogP contribution < -0.4 is 0 Å². The van der Waals surface area contributed by atoms with Gasteiger partial charge in [-0.05, 0) is 18.3 Å². The lowest BCUT2D eigenvalue weighted by Gasteiger charge is -2.14. The molecule has 30 heavy (non-hydrogen) atoms. The number of carbonyl (C=O) groups is 2. The molecular formula is C23H44BrO5P. The van der Waals surface area contributed by atoms with E-state index in [4.69, 9.17) is 9.05 Å². The maximum atomic E-state index is 11.8. The Morgan fingerprint density at radius 2 is 1.30 bits per heavy atom. The van der Waals surface area contributed by atoms with Gasteiger partial charge >= 0.3 is 20.2 Å². The number of rotatable bonds is 19. The molecule has 0 aromatic carbocycles. The van der Waals surface area contributed by atoms with Gasteiger partial charge in [0.1, 0.15) is 4.83 Å². The minimum absolute atomic E-state index is 0.0533. The first kappa shape index (κ1) is 29.7. The standard InChI is InChI=1S/C23H44BrO5P/c1-5-19(3)17-15-13-11-9-7-8-10-12-14-16-18-21(25)28-30(27)29-23(26)22(24)20(4)6-2/h19-20,22,30H,5-18H2,1-4H3. The molecule has 0 spiro atoms. The fourth-order valence-electron chi connectivity index (χ4n) is 3.12. The van der Waals surface area contributed by atoms with E-state index in [0.717, 1.165) is 25.2 Å². The maximum Gasteiger partial charge on any atom is 0.423 e. The predicted octanol–water partition coefficient (Wildman–Crippen LogP) is 8.00. The quantitative estimate of drug-likeness (QED) is 0.0998. The van der Waals surface area contributed by atoms with Gasteiger partial charge in [-0.1, -0.05) is 121 Å². The van der Waals surface area contributed by atoms with Gasteiger partial charge in [0, 0.05) is 6.42 Å². The van der Waals surface area contributed by atoms with Crippen molar-refractivity contribution in [2.45, 2.75) is 122 Å². The van der Waals surface area contributed by atoms with Crippen molar-refractivity contribution in [2.24, 2.45) is 11.8 Å². The van der Waals surface area contributed by atoms with Crippen molar-refractivity contribution in [3.8, 4) is 0 Å². The molecule has 0 aliphatic carbocycles. The van der Waals surface area contributed by atoms with Crippen LogP contribution in [0.1, 0.15) is 118 Å². The first-order valence-corrected chi connectivity index (χ1v) is 14.1. The van der Waals surface area contributed by atoms with E-state index >= 15 is 0 Å². The lowest BCUT2D eigenvalue weighted by atomic mass is 9.99. The number of hydrogen-bond donors (Lipinski definition) is 0. The average Bonchev–Trinajstić information content (AvgIpc) is 2.72. The Bertz CT molecular complexity index is 486. The molecule has 0 saturated carbocycles. The van der Waals surface area contributed by atoms with Gasteiger partial charge in [-0.15, -0.1) is 0 Å². The van der Waals surface area contributed by atoms with Crippen LogP contribution in [-0.2, 0) is 23.2 Å². The molecule has 0 bridgehead atoms. The van der Waals surface area contributed by atoms with E-state index < -0.39 is 25.0 Å². The van der Waals surface area contributed by atoms with Crippen molar-refractivity contribution in [3.63, 3.8) is 0 Å². The molecular weight excluding hydrogens is 467 g/mol. The number of unbranched alkanes of at least 4 members (excludes halogenated alkanes) is 9. The largest absolute Gasteiger partial charge is 0.423 e. The van der Waals surface area contributed by atoms with Gasteiger partial charge < -0.3 is 9.05 Å². The van der Waals surface area contributed by atoms with Crippen LogP contribution in [0.2, 0.25) is 0 Å². The van der Waals surface area contributed by atoms with Gasteiger partial charge in [-0.2, -0.15) is 0 Å². The summed E-state index contributed by atoms with van der Waals surface area (Å²) in [6, 6.07) is 0. The van der Waals surface area contributed by atoms with E-state index in [-0.39, 0.29) is 12.3 Å². The van der Waals surface area contributed by atoms with Crippen LogP contribution >= 0.6 is 24.2 Å². The third kappa shape index (κ3) is 16.4. The summed E-state index contributed by atoms with van der Waals surface area (Å²) in [5.41, 5.74) is 0. The van der Waals surface area contributed by atoms with Crippen LogP contribution in [0.15, 0.2) is 0 Å². The fraction of sp³-hybridized carbons (Fsp3) is 0.913. The number of carbonyl (C=O) groups excluding carboxylic acids is 2. The van der Waals surface area contributed by atoms with Gasteiger partial charge in [0.05, 0.1) is 0 Å². The third-order valence-electron chi connectivity index (χ3n) is 5.77. The Morgan fingerprint density at radius 3 is 1.80 bits per heavy atom. The van der Waals surface area contributed by atoms with Crippen molar-refractivity contribution in [1.82, 2.24) is 0 Å². The van der Waals surface area contributed by atoms with E-state index in [1.807, 2.05) is 13.8 Å². The maximum absolute atomic E-state index is 11.8. The Labute approximate surface area is 193 Å². The smallest absolute Gasteiger partial charge is 0.385 e. The van der Waals surface area contributed by atoms with Gasteiger partial charge in [-0.25, -0.2) is 4.57 Å². The molecule has 0 saturated heterocycles. The summed E-state index contributed by atoms with van der Waals surface area (Å²) in [6.45, 7) is 8.44. The summed E-state index contributed by atoms with van der Waals surface area (Å²) < 4.78 is 21.2. The summed E-state index contributed by atoms with van der Waals surface area (Å²) in [5, 5.41) is 0. The molecule has 0 aromatic heterocycles. The van der Waals surface area contributed by atoms with Crippen molar-refractivity contribution < 1.29 is 23.2 Å². The molecule has 5 nitrogen and oxygen atoms in total. The van der Waals surface area contributed by atoms with Crippen LogP contribution in [0.5, 0.6) is 0 Å². The lowest BCUT2D eigenvalue weighted by molar-refractivity contribution is -0.137. The first-order valence-electron chi connectivity index (χ1n) is 11.9. The second-order valence-corrected chi connectivity index (χ2v) is 10.4. The highest BCUT2D eigenvalue weighted by Gasteiger charge is 2.25. The zero-order valence-corrected chi connectivity index (χ0v) is 22.1. The second-order valence-electron chi connectivity index (χ2n) is 8.52. The minimum atomic E-state index is -3.12. The molecule has 178 valence electrons. The highest BCUT2D eigenvalue weighted by atomic mass is 79.9. The summed E-state index contributed by atoms with van der Waals surface area (Å²) in [5.74, 6) is -0.275. The van der Waals surface area contributed by atoms with Gasteiger partial charge in [0.2, 0.25) is 0 Å². The third-order valence-corrected chi connectivity index (χ3v) is 7.81. The van der Waals surface area contributed by atoms with Crippen molar-refractivity contribution in [3.05, 3.63) is 0 Å². The van der Waals surface area contributed by atoms with Crippen molar-refractivity contribution in [2.75, 3.05) is 0 Å². The van der Waals surface area contributed by atoms with Crippen molar-refractivity contribution >= 4 is 36.1 Å². The molecule has 4 atom stereocenters. The number of alkyl halides is 1. The van der Waals surface area contributed by atoms with Crippen LogP contribution in [0.25, 0.3) is 0 Å². The van der Waals surface area contributed by atoms with Crippen molar-refractivity contribution in [1.29, 1.82) is 0 Å². The topological polar surface area (TPSA) is 69.7 Å².